The lowest BCUT2D eigenvalue weighted by Gasteiger charge is -2.04. The van der Waals surface area contributed by atoms with Gasteiger partial charge in [-0.3, -0.25) is 10.1 Å². The Hall–Kier alpha value is -2.27. The first-order valence-electron chi connectivity index (χ1n) is 4.98. The smallest absolute Gasteiger partial charge is 0.279 e. The summed E-state index contributed by atoms with van der Waals surface area (Å²) in [7, 11) is 0. The fourth-order valence-electron chi connectivity index (χ4n) is 1.61. The zero-order valence-corrected chi connectivity index (χ0v) is 10.2. The zero-order valence-electron chi connectivity index (χ0n) is 9.37. The molecule has 2 rings (SSSR count). The van der Waals surface area contributed by atoms with Crippen LogP contribution in [0.2, 0.25) is 0 Å². The van der Waals surface area contributed by atoms with Crippen LogP contribution in [0.5, 0.6) is 0 Å². The van der Waals surface area contributed by atoms with Crippen molar-refractivity contribution in [3.8, 4) is 11.1 Å². The number of anilines is 2. The lowest BCUT2D eigenvalue weighted by Crippen LogP contribution is -1.94. The molecule has 0 aliphatic rings. The normalized spacial score (nSPS) is 9.56. The minimum Gasteiger partial charge on any atom is -0.399 e. The number of nitro benzene ring substituents is 1. The number of halogens is 1. The highest BCUT2D eigenvalue weighted by molar-refractivity contribution is 5.85. The van der Waals surface area contributed by atoms with Gasteiger partial charge in [0.15, 0.2) is 0 Å². The molecular formula is C12H12ClN3O2. The van der Waals surface area contributed by atoms with Gasteiger partial charge < -0.3 is 11.5 Å². The van der Waals surface area contributed by atoms with E-state index in [0.717, 1.165) is 5.56 Å². The third-order valence-electron chi connectivity index (χ3n) is 2.44. The average molecular weight is 266 g/mol. The largest absolute Gasteiger partial charge is 0.399 e. The maximum atomic E-state index is 10.9. The van der Waals surface area contributed by atoms with Gasteiger partial charge in [0, 0.05) is 17.4 Å². The lowest BCUT2D eigenvalue weighted by atomic mass is 10.0. The second-order valence-electron chi connectivity index (χ2n) is 3.66. The number of nitro groups is 1. The molecule has 0 fully saturated rings. The molecule has 0 aromatic heterocycles. The summed E-state index contributed by atoms with van der Waals surface area (Å²) in [6.07, 6.45) is 0. The van der Waals surface area contributed by atoms with Crippen molar-refractivity contribution >= 4 is 29.5 Å². The van der Waals surface area contributed by atoms with E-state index in [1.807, 2.05) is 0 Å². The molecule has 0 heterocycles. The molecule has 0 bridgehead atoms. The summed E-state index contributed by atoms with van der Waals surface area (Å²) in [6.45, 7) is 0. The Balaban J connectivity index is 0.00000162. The number of nitrogens with two attached hydrogens (primary N) is 2. The minimum atomic E-state index is -0.442. The van der Waals surface area contributed by atoms with Crippen molar-refractivity contribution in [2.24, 2.45) is 0 Å². The second-order valence-corrected chi connectivity index (χ2v) is 3.66. The van der Waals surface area contributed by atoms with Crippen LogP contribution in [0.3, 0.4) is 0 Å². The summed E-state index contributed by atoms with van der Waals surface area (Å²) in [5.41, 5.74) is 13.4. The van der Waals surface area contributed by atoms with Gasteiger partial charge in [-0.1, -0.05) is 12.1 Å². The molecule has 0 saturated heterocycles. The monoisotopic (exact) mass is 265 g/mol. The lowest BCUT2D eigenvalue weighted by molar-refractivity contribution is -0.384. The Morgan fingerprint density at radius 1 is 0.944 bits per heavy atom. The van der Waals surface area contributed by atoms with Gasteiger partial charge in [0.25, 0.3) is 5.69 Å². The topological polar surface area (TPSA) is 95.2 Å². The highest BCUT2D eigenvalue weighted by Gasteiger charge is 2.15. The number of benzene rings is 2. The molecule has 4 N–H and O–H groups in total. The molecular weight excluding hydrogens is 254 g/mol. The molecule has 2 aromatic rings. The third kappa shape index (κ3) is 2.70. The van der Waals surface area contributed by atoms with Gasteiger partial charge in [-0.05, 0) is 29.8 Å². The number of hydrogen-bond donors (Lipinski definition) is 2. The minimum absolute atomic E-state index is 0. The van der Waals surface area contributed by atoms with Crippen molar-refractivity contribution in [1.82, 2.24) is 0 Å². The third-order valence-corrected chi connectivity index (χ3v) is 2.44. The standard InChI is InChI=1S/C12H11N3O2.ClH/c13-9-3-1-8(2-4-9)11-6-5-10(14)7-12(11)15(16)17;/h1-7H,13-14H2;1H. The Kier molecular flexibility index (Phi) is 4.12. The molecule has 0 spiro atoms. The summed E-state index contributed by atoms with van der Waals surface area (Å²) < 4.78 is 0. The van der Waals surface area contributed by atoms with E-state index in [2.05, 4.69) is 0 Å². The summed E-state index contributed by atoms with van der Waals surface area (Å²) in [5, 5.41) is 10.9. The van der Waals surface area contributed by atoms with E-state index in [9.17, 15) is 10.1 Å². The molecule has 94 valence electrons. The Labute approximate surface area is 110 Å². The predicted molar refractivity (Wildman–Crippen MR) is 74.6 cm³/mol. The van der Waals surface area contributed by atoms with E-state index in [0.29, 0.717) is 16.9 Å². The molecule has 2 aromatic carbocycles. The first kappa shape index (κ1) is 13.8. The molecule has 0 unspecified atom stereocenters. The van der Waals surface area contributed by atoms with Crippen molar-refractivity contribution in [3.63, 3.8) is 0 Å². The van der Waals surface area contributed by atoms with Crippen LogP contribution in [-0.2, 0) is 0 Å². The van der Waals surface area contributed by atoms with Crippen molar-refractivity contribution in [1.29, 1.82) is 0 Å². The summed E-state index contributed by atoms with van der Waals surface area (Å²) in [5.74, 6) is 0. The highest BCUT2D eigenvalue weighted by Crippen LogP contribution is 2.31. The molecule has 0 aliphatic heterocycles. The fourth-order valence-corrected chi connectivity index (χ4v) is 1.61. The van der Waals surface area contributed by atoms with Crippen LogP contribution in [0.1, 0.15) is 0 Å². The number of hydrogen-bond acceptors (Lipinski definition) is 4. The van der Waals surface area contributed by atoms with Crippen molar-refractivity contribution in [2.75, 3.05) is 11.5 Å². The van der Waals surface area contributed by atoms with E-state index >= 15 is 0 Å². The van der Waals surface area contributed by atoms with Gasteiger partial charge in [-0.15, -0.1) is 12.4 Å². The molecule has 0 atom stereocenters. The van der Waals surface area contributed by atoms with E-state index in [1.165, 1.54) is 6.07 Å². The van der Waals surface area contributed by atoms with E-state index in [-0.39, 0.29) is 18.1 Å². The summed E-state index contributed by atoms with van der Waals surface area (Å²) in [4.78, 5) is 10.5. The average Bonchev–Trinajstić information content (AvgIpc) is 2.30. The zero-order chi connectivity index (χ0) is 12.4. The Morgan fingerprint density at radius 3 is 2.06 bits per heavy atom. The van der Waals surface area contributed by atoms with Gasteiger partial charge in [-0.25, -0.2) is 0 Å². The number of nitrogen functional groups attached to an aromatic ring is 2. The van der Waals surface area contributed by atoms with E-state index in [4.69, 9.17) is 11.5 Å². The van der Waals surface area contributed by atoms with Crippen LogP contribution in [-0.4, -0.2) is 4.92 Å². The van der Waals surface area contributed by atoms with Crippen molar-refractivity contribution < 1.29 is 4.92 Å². The van der Waals surface area contributed by atoms with Crippen molar-refractivity contribution in [2.45, 2.75) is 0 Å². The van der Waals surface area contributed by atoms with Gasteiger partial charge >= 0.3 is 0 Å². The summed E-state index contributed by atoms with van der Waals surface area (Å²) >= 11 is 0. The van der Waals surface area contributed by atoms with Crippen LogP contribution in [0.25, 0.3) is 11.1 Å². The summed E-state index contributed by atoms with van der Waals surface area (Å²) in [6, 6.07) is 11.5. The molecule has 5 nitrogen and oxygen atoms in total. The quantitative estimate of drug-likeness (QED) is 0.496. The van der Waals surface area contributed by atoms with E-state index < -0.39 is 4.92 Å². The Morgan fingerprint density at radius 2 is 1.50 bits per heavy atom. The first-order chi connectivity index (χ1) is 8.08. The number of nitrogens with zero attached hydrogens (tertiary/aromatic N) is 1. The highest BCUT2D eigenvalue weighted by atomic mass is 35.5. The second kappa shape index (κ2) is 5.37. The fraction of sp³-hybridized carbons (Fsp3) is 0. The molecule has 0 saturated carbocycles. The molecule has 0 amide bonds. The van der Waals surface area contributed by atoms with Crippen LogP contribution < -0.4 is 11.5 Å². The van der Waals surface area contributed by atoms with Crippen LogP contribution in [0.4, 0.5) is 17.1 Å². The number of rotatable bonds is 2. The first-order valence-corrected chi connectivity index (χ1v) is 4.98. The predicted octanol–water partition coefficient (Wildman–Crippen LogP) is 2.85. The van der Waals surface area contributed by atoms with E-state index in [1.54, 1.807) is 36.4 Å². The van der Waals surface area contributed by atoms with Crippen LogP contribution >= 0.6 is 12.4 Å². The van der Waals surface area contributed by atoms with Crippen molar-refractivity contribution in [3.05, 3.63) is 52.6 Å². The molecule has 18 heavy (non-hydrogen) atoms. The molecule has 0 radical (unpaired) electrons. The van der Waals surface area contributed by atoms with Crippen LogP contribution in [0, 0.1) is 10.1 Å². The molecule has 6 heteroatoms. The van der Waals surface area contributed by atoms with Gasteiger partial charge in [0.2, 0.25) is 0 Å². The maximum absolute atomic E-state index is 10.9. The van der Waals surface area contributed by atoms with Gasteiger partial charge in [-0.2, -0.15) is 0 Å². The Bertz CT molecular complexity index is 570. The van der Waals surface area contributed by atoms with Gasteiger partial charge in [0.05, 0.1) is 10.5 Å². The van der Waals surface area contributed by atoms with Crippen LogP contribution in [0.15, 0.2) is 42.5 Å². The maximum Gasteiger partial charge on any atom is 0.279 e. The molecule has 0 aliphatic carbocycles. The van der Waals surface area contributed by atoms with Gasteiger partial charge in [0.1, 0.15) is 0 Å². The SMILES string of the molecule is Cl.Nc1ccc(-c2ccc(N)cc2[N+](=O)[O-])cc1.